The third-order valence-electron chi connectivity index (χ3n) is 2.73. The van der Waals surface area contributed by atoms with Crippen LogP contribution in [0.4, 0.5) is 0 Å². The molecule has 0 amide bonds. The molecule has 0 atom stereocenters. The van der Waals surface area contributed by atoms with E-state index in [-0.39, 0.29) is 5.75 Å². The second-order valence-electron chi connectivity index (χ2n) is 4.21. The Morgan fingerprint density at radius 1 is 1.38 bits per heavy atom. The topological polar surface area (TPSA) is 59.2 Å². The fourth-order valence-electron chi connectivity index (χ4n) is 1.67. The molecule has 1 aromatic carbocycles. The molecule has 0 bridgehead atoms. The van der Waals surface area contributed by atoms with E-state index in [1.807, 2.05) is 6.07 Å². The smallest absolute Gasteiger partial charge is 0.258 e. The molecule has 4 heteroatoms. The van der Waals surface area contributed by atoms with Crippen LogP contribution in [0.1, 0.15) is 18.7 Å². The second kappa shape index (κ2) is 3.63. The first-order valence-corrected chi connectivity index (χ1v) is 5.43. The zero-order chi connectivity index (χ0) is 11.0. The van der Waals surface area contributed by atoms with Crippen LogP contribution < -0.4 is 0 Å². The summed E-state index contributed by atoms with van der Waals surface area (Å²) in [5.41, 5.74) is 0.759. The van der Waals surface area contributed by atoms with Crippen LogP contribution in [0.2, 0.25) is 0 Å². The Morgan fingerprint density at radius 3 is 3.00 bits per heavy atom. The minimum absolute atomic E-state index is 0.208. The van der Waals surface area contributed by atoms with Crippen LogP contribution in [0.3, 0.4) is 0 Å². The predicted molar refractivity (Wildman–Crippen MR) is 57.8 cm³/mol. The summed E-state index contributed by atoms with van der Waals surface area (Å²) < 4.78 is 5.16. The van der Waals surface area contributed by atoms with Gasteiger partial charge in [0, 0.05) is 12.0 Å². The van der Waals surface area contributed by atoms with Gasteiger partial charge in [0.15, 0.2) is 5.82 Å². The van der Waals surface area contributed by atoms with Gasteiger partial charge >= 0.3 is 0 Å². The molecule has 1 saturated carbocycles. The van der Waals surface area contributed by atoms with Crippen LogP contribution in [0.5, 0.6) is 5.75 Å². The summed E-state index contributed by atoms with van der Waals surface area (Å²) in [7, 11) is 0. The predicted octanol–water partition coefficient (Wildman–Crippen LogP) is 2.39. The molecule has 16 heavy (non-hydrogen) atoms. The van der Waals surface area contributed by atoms with Crippen molar-refractivity contribution in [3.8, 4) is 17.2 Å². The van der Waals surface area contributed by atoms with Gasteiger partial charge in [0.25, 0.3) is 5.89 Å². The molecular weight excluding hydrogens is 204 g/mol. The summed E-state index contributed by atoms with van der Waals surface area (Å²) in [4.78, 5) is 4.31. The first kappa shape index (κ1) is 9.39. The van der Waals surface area contributed by atoms with Gasteiger partial charge in [-0.2, -0.15) is 4.98 Å². The Kier molecular flexibility index (Phi) is 2.13. The van der Waals surface area contributed by atoms with E-state index in [9.17, 15) is 5.11 Å². The Balaban J connectivity index is 1.85. The Labute approximate surface area is 92.9 Å². The van der Waals surface area contributed by atoms with Gasteiger partial charge in [-0.1, -0.05) is 11.2 Å². The van der Waals surface area contributed by atoms with Crippen molar-refractivity contribution in [2.75, 3.05) is 0 Å². The number of rotatable bonds is 3. The fourth-order valence-corrected chi connectivity index (χ4v) is 1.67. The molecule has 1 heterocycles. The highest BCUT2D eigenvalue weighted by atomic mass is 16.5. The molecule has 0 radical (unpaired) electrons. The van der Waals surface area contributed by atoms with Crippen molar-refractivity contribution in [2.45, 2.75) is 19.3 Å². The fraction of sp³-hybridized carbons (Fsp3) is 0.333. The number of phenolic OH excluding ortho intramolecular Hbond substituents is 1. The van der Waals surface area contributed by atoms with Gasteiger partial charge in [-0.3, -0.25) is 0 Å². The molecule has 4 nitrogen and oxygen atoms in total. The van der Waals surface area contributed by atoms with Crippen molar-refractivity contribution in [1.82, 2.24) is 10.1 Å². The van der Waals surface area contributed by atoms with Crippen LogP contribution in [-0.2, 0) is 6.42 Å². The maximum absolute atomic E-state index is 9.35. The lowest BCUT2D eigenvalue weighted by molar-refractivity contribution is 0.420. The van der Waals surface area contributed by atoms with E-state index in [2.05, 4.69) is 10.1 Å². The zero-order valence-corrected chi connectivity index (χ0v) is 8.76. The average Bonchev–Trinajstić information content (AvgIpc) is 2.94. The Bertz CT molecular complexity index is 503. The molecular formula is C12H12N2O2. The SMILES string of the molecule is Oc1cccc(-c2nc(CC3CC3)no2)c1. The molecule has 0 aliphatic heterocycles. The van der Waals surface area contributed by atoms with Crippen LogP contribution in [0, 0.1) is 5.92 Å². The molecule has 1 N–H and O–H groups in total. The molecule has 0 saturated heterocycles. The van der Waals surface area contributed by atoms with Gasteiger partial charge in [-0.05, 0) is 37.0 Å². The highest BCUT2D eigenvalue weighted by Crippen LogP contribution is 2.32. The van der Waals surface area contributed by atoms with Crippen molar-refractivity contribution in [2.24, 2.45) is 5.92 Å². The largest absolute Gasteiger partial charge is 0.508 e. The summed E-state index contributed by atoms with van der Waals surface area (Å²) in [5.74, 6) is 2.20. The quantitative estimate of drug-likeness (QED) is 0.855. The maximum Gasteiger partial charge on any atom is 0.258 e. The van der Waals surface area contributed by atoms with E-state index in [4.69, 9.17) is 4.52 Å². The van der Waals surface area contributed by atoms with E-state index in [1.54, 1.807) is 18.2 Å². The molecule has 3 rings (SSSR count). The lowest BCUT2D eigenvalue weighted by Crippen LogP contribution is -1.89. The van der Waals surface area contributed by atoms with Crippen molar-refractivity contribution in [3.63, 3.8) is 0 Å². The van der Waals surface area contributed by atoms with Gasteiger partial charge in [-0.15, -0.1) is 0 Å². The summed E-state index contributed by atoms with van der Waals surface area (Å²) in [6.45, 7) is 0. The van der Waals surface area contributed by atoms with Gasteiger partial charge < -0.3 is 9.63 Å². The standard InChI is InChI=1S/C12H12N2O2/c15-10-3-1-2-9(7-10)12-13-11(14-16-12)6-8-4-5-8/h1-3,7-8,15H,4-6H2. The van der Waals surface area contributed by atoms with E-state index < -0.39 is 0 Å². The van der Waals surface area contributed by atoms with Crippen LogP contribution in [0.25, 0.3) is 11.5 Å². The zero-order valence-electron chi connectivity index (χ0n) is 8.76. The van der Waals surface area contributed by atoms with Crippen molar-refractivity contribution in [3.05, 3.63) is 30.1 Å². The van der Waals surface area contributed by atoms with Crippen molar-refractivity contribution < 1.29 is 9.63 Å². The first-order valence-electron chi connectivity index (χ1n) is 5.43. The Hall–Kier alpha value is -1.84. The van der Waals surface area contributed by atoms with Gasteiger partial charge in [0.1, 0.15) is 5.75 Å². The number of aromatic nitrogens is 2. The Morgan fingerprint density at radius 2 is 2.25 bits per heavy atom. The molecule has 0 spiro atoms. The number of nitrogens with zero attached hydrogens (tertiary/aromatic N) is 2. The van der Waals surface area contributed by atoms with E-state index in [0.29, 0.717) is 5.89 Å². The number of aromatic hydroxyl groups is 1. The first-order chi connectivity index (χ1) is 7.81. The second-order valence-corrected chi connectivity index (χ2v) is 4.21. The lowest BCUT2D eigenvalue weighted by Gasteiger charge is -1.94. The van der Waals surface area contributed by atoms with Crippen LogP contribution in [-0.4, -0.2) is 15.2 Å². The van der Waals surface area contributed by atoms with E-state index in [1.165, 1.54) is 12.8 Å². The third kappa shape index (κ3) is 1.91. The molecule has 82 valence electrons. The monoisotopic (exact) mass is 216 g/mol. The lowest BCUT2D eigenvalue weighted by atomic mass is 10.2. The summed E-state index contributed by atoms with van der Waals surface area (Å²) in [6, 6.07) is 6.84. The summed E-state index contributed by atoms with van der Waals surface area (Å²) >= 11 is 0. The summed E-state index contributed by atoms with van der Waals surface area (Å²) in [6.07, 6.45) is 3.45. The van der Waals surface area contributed by atoms with Gasteiger partial charge in [0.2, 0.25) is 0 Å². The number of benzene rings is 1. The average molecular weight is 216 g/mol. The number of hydrogen-bond acceptors (Lipinski definition) is 4. The highest BCUT2D eigenvalue weighted by molar-refractivity contribution is 5.55. The number of phenols is 1. The van der Waals surface area contributed by atoms with Crippen LogP contribution in [0.15, 0.2) is 28.8 Å². The molecule has 1 aromatic heterocycles. The normalized spacial score (nSPS) is 15.2. The van der Waals surface area contributed by atoms with E-state index >= 15 is 0 Å². The molecule has 1 fully saturated rings. The maximum atomic E-state index is 9.35. The minimum Gasteiger partial charge on any atom is -0.508 e. The van der Waals surface area contributed by atoms with Crippen molar-refractivity contribution >= 4 is 0 Å². The molecule has 1 aliphatic carbocycles. The molecule has 1 aliphatic rings. The molecule has 2 aromatic rings. The van der Waals surface area contributed by atoms with Gasteiger partial charge in [-0.25, -0.2) is 0 Å². The van der Waals surface area contributed by atoms with Crippen molar-refractivity contribution in [1.29, 1.82) is 0 Å². The van der Waals surface area contributed by atoms with E-state index in [0.717, 1.165) is 23.7 Å². The summed E-state index contributed by atoms with van der Waals surface area (Å²) in [5, 5.41) is 13.3. The highest BCUT2D eigenvalue weighted by Gasteiger charge is 2.24. The molecule has 0 unspecified atom stereocenters. The van der Waals surface area contributed by atoms with Crippen LogP contribution >= 0.6 is 0 Å². The third-order valence-corrected chi connectivity index (χ3v) is 2.73. The number of hydrogen-bond donors (Lipinski definition) is 1. The van der Waals surface area contributed by atoms with Gasteiger partial charge in [0.05, 0.1) is 0 Å². The minimum atomic E-state index is 0.208.